The highest BCUT2D eigenvalue weighted by molar-refractivity contribution is 5.92. The first-order valence-electron chi connectivity index (χ1n) is 9.40. The quantitative estimate of drug-likeness (QED) is 0.852. The average molecular weight is 389 g/mol. The number of benzene rings is 1. The number of nitrogens with one attached hydrogen (secondary N) is 1. The van der Waals surface area contributed by atoms with Crippen molar-refractivity contribution in [3.8, 4) is 0 Å². The predicted molar refractivity (Wildman–Crippen MR) is 104 cm³/mol. The van der Waals surface area contributed by atoms with E-state index in [1.165, 1.54) is 6.07 Å². The number of aryl methyl sites for hydroxylation is 1. The summed E-state index contributed by atoms with van der Waals surface area (Å²) in [5.41, 5.74) is 0.534. The number of aromatic nitrogens is 2. The molecule has 1 N–H and O–H groups in total. The summed E-state index contributed by atoms with van der Waals surface area (Å²) in [5.74, 6) is -0.0196. The minimum Gasteiger partial charge on any atom is -0.354 e. The Hall–Kier alpha value is -2.61. The molecular weight excluding hydrogens is 364 g/mol. The molecule has 3 rings (SSSR count). The van der Waals surface area contributed by atoms with E-state index in [2.05, 4.69) is 34.0 Å². The van der Waals surface area contributed by atoms with Crippen molar-refractivity contribution in [2.75, 3.05) is 42.9 Å². The van der Waals surface area contributed by atoms with Crippen LogP contribution in [0.5, 0.6) is 0 Å². The minimum absolute atomic E-state index is 0.0850. The zero-order valence-electron chi connectivity index (χ0n) is 16.4. The van der Waals surface area contributed by atoms with Gasteiger partial charge in [-0.25, -0.2) is 18.7 Å². The summed E-state index contributed by atoms with van der Waals surface area (Å²) in [4.78, 5) is 25.4. The lowest BCUT2D eigenvalue weighted by molar-refractivity contribution is -0.117. The highest BCUT2D eigenvalue weighted by atomic mass is 19.1. The van der Waals surface area contributed by atoms with Crippen molar-refractivity contribution in [3.05, 3.63) is 47.4 Å². The van der Waals surface area contributed by atoms with E-state index in [1.807, 2.05) is 17.9 Å². The summed E-state index contributed by atoms with van der Waals surface area (Å²) in [6.07, 6.45) is 0. The lowest BCUT2D eigenvalue weighted by Gasteiger charge is -2.35. The molecule has 1 aliphatic heterocycles. The van der Waals surface area contributed by atoms with Gasteiger partial charge in [-0.3, -0.25) is 9.69 Å². The van der Waals surface area contributed by atoms with E-state index in [4.69, 9.17) is 0 Å². The molecular formula is C20H25F2N5O. The van der Waals surface area contributed by atoms with Crippen LogP contribution in [0.25, 0.3) is 0 Å². The van der Waals surface area contributed by atoms with Crippen molar-refractivity contribution in [1.29, 1.82) is 0 Å². The van der Waals surface area contributed by atoms with Gasteiger partial charge in [0.1, 0.15) is 29.0 Å². The topological polar surface area (TPSA) is 61.4 Å². The number of rotatable bonds is 5. The van der Waals surface area contributed by atoms with Crippen molar-refractivity contribution in [3.63, 3.8) is 0 Å². The van der Waals surface area contributed by atoms with Crippen molar-refractivity contribution >= 4 is 17.4 Å². The van der Waals surface area contributed by atoms with E-state index < -0.39 is 23.2 Å². The van der Waals surface area contributed by atoms with Gasteiger partial charge in [-0.2, -0.15) is 0 Å². The molecule has 0 unspecified atom stereocenters. The average Bonchev–Trinajstić information content (AvgIpc) is 2.65. The number of hydrogen-bond acceptors (Lipinski definition) is 5. The molecule has 2 aromatic rings. The first-order valence-corrected chi connectivity index (χ1v) is 9.40. The van der Waals surface area contributed by atoms with Crippen LogP contribution in [-0.4, -0.2) is 53.5 Å². The predicted octanol–water partition coefficient (Wildman–Crippen LogP) is 2.95. The summed E-state index contributed by atoms with van der Waals surface area (Å²) in [6.45, 7) is 8.92. The molecule has 1 aliphatic rings. The van der Waals surface area contributed by atoms with Crippen molar-refractivity contribution in [2.24, 2.45) is 0 Å². The van der Waals surface area contributed by atoms with Crippen LogP contribution in [0.1, 0.15) is 31.3 Å². The van der Waals surface area contributed by atoms with Crippen LogP contribution in [0.2, 0.25) is 0 Å². The molecule has 1 saturated heterocycles. The van der Waals surface area contributed by atoms with Crippen molar-refractivity contribution in [1.82, 2.24) is 14.9 Å². The molecule has 0 aliphatic carbocycles. The molecule has 1 aromatic carbocycles. The maximum Gasteiger partial charge on any atom is 0.238 e. The van der Waals surface area contributed by atoms with E-state index in [0.29, 0.717) is 13.1 Å². The molecule has 1 amide bonds. The number of para-hydroxylation sites is 1. The number of carbonyl (C=O) groups is 1. The first-order chi connectivity index (χ1) is 13.3. The Bertz CT molecular complexity index is 830. The van der Waals surface area contributed by atoms with Crippen molar-refractivity contribution in [2.45, 2.75) is 26.7 Å². The van der Waals surface area contributed by atoms with Crippen molar-refractivity contribution < 1.29 is 13.6 Å². The van der Waals surface area contributed by atoms with Gasteiger partial charge in [0.25, 0.3) is 0 Å². The second-order valence-corrected chi connectivity index (χ2v) is 7.29. The van der Waals surface area contributed by atoms with Gasteiger partial charge in [0.15, 0.2) is 0 Å². The van der Waals surface area contributed by atoms with Gasteiger partial charge in [-0.1, -0.05) is 19.9 Å². The molecule has 28 heavy (non-hydrogen) atoms. The molecule has 2 heterocycles. The van der Waals surface area contributed by atoms with E-state index in [1.54, 1.807) is 0 Å². The van der Waals surface area contributed by atoms with Gasteiger partial charge >= 0.3 is 0 Å². The number of amides is 1. The van der Waals surface area contributed by atoms with Crippen LogP contribution in [0.4, 0.5) is 20.3 Å². The molecule has 1 aromatic heterocycles. The van der Waals surface area contributed by atoms with Gasteiger partial charge in [0.05, 0.1) is 6.54 Å². The normalized spacial score (nSPS) is 15.1. The van der Waals surface area contributed by atoms with Gasteiger partial charge in [-0.15, -0.1) is 0 Å². The molecule has 8 heteroatoms. The van der Waals surface area contributed by atoms with E-state index in [9.17, 15) is 13.6 Å². The van der Waals surface area contributed by atoms with Gasteiger partial charge in [0, 0.05) is 43.9 Å². The number of nitrogens with zero attached hydrogens (tertiary/aromatic N) is 4. The third kappa shape index (κ3) is 4.81. The number of piperazine rings is 1. The fraction of sp³-hybridized carbons (Fsp3) is 0.450. The lowest BCUT2D eigenvalue weighted by atomic mass is 10.2. The fourth-order valence-electron chi connectivity index (χ4n) is 3.13. The SMILES string of the molecule is Cc1cc(N2CCN(CC(=O)Nc3c(F)cccc3F)CC2)nc(C(C)C)n1. The molecule has 0 radical (unpaired) electrons. The summed E-state index contributed by atoms with van der Waals surface area (Å²) in [7, 11) is 0. The van der Waals surface area contributed by atoms with Crippen LogP contribution in [-0.2, 0) is 4.79 Å². The van der Waals surface area contributed by atoms with Gasteiger partial charge < -0.3 is 10.2 Å². The van der Waals surface area contributed by atoms with Gasteiger partial charge in [-0.05, 0) is 19.1 Å². The summed E-state index contributed by atoms with van der Waals surface area (Å²) >= 11 is 0. The minimum atomic E-state index is -0.779. The molecule has 0 bridgehead atoms. The molecule has 0 saturated carbocycles. The molecule has 6 nitrogen and oxygen atoms in total. The number of carbonyl (C=O) groups excluding carboxylic acids is 1. The zero-order chi connectivity index (χ0) is 20.3. The molecule has 0 spiro atoms. The second-order valence-electron chi connectivity index (χ2n) is 7.29. The maximum absolute atomic E-state index is 13.7. The Kier molecular flexibility index (Phi) is 6.18. The third-order valence-electron chi connectivity index (χ3n) is 4.67. The van der Waals surface area contributed by atoms with Crippen LogP contribution in [0.15, 0.2) is 24.3 Å². The monoisotopic (exact) mass is 389 g/mol. The summed E-state index contributed by atoms with van der Waals surface area (Å²) in [6, 6.07) is 5.47. The second kappa shape index (κ2) is 8.60. The Morgan fingerprint density at radius 1 is 1.14 bits per heavy atom. The highest BCUT2D eigenvalue weighted by Crippen LogP contribution is 2.20. The Morgan fingerprint density at radius 3 is 2.39 bits per heavy atom. The highest BCUT2D eigenvalue weighted by Gasteiger charge is 2.22. The number of hydrogen-bond donors (Lipinski definition) is 1. The van der Waals surface area contributed by atoms with Crippen LogP contribution in [0, 0.1) is 18.6 Å². The smallest absolute Gasteiger partial charge is 0.238 e. The van der Waals surface area contributed by atoms with Crippen LogP contribution in [0.3, 0.4) is 0 Å². The Morgan fingerprint density at radius 2 is 1.79 bits per heavy atom. The van der Waals surface area contributed by atoms with E-state index >= 15 is 0 Å². The van der Waals surface area contributed by atoms with E-state index in [0.717, 1.165) is 42.6 Å². The standard InChI is InChI=1S/C20H25F2N5O/c1-13(2)20-23-14(3)11-17(24-20)27-9-7-26(8-10-27)12-18(28)25-19-15(21)5-4-6-16(19)22/h4-6,11,13H,7-10,12H2,1-3H3,(H,25,28). The molecule has 1 fully saturated rings. The summed E-state index contributed by atoms with van der Waals surface area (Å²) < 4.78 is 27.3. The zero-order valence-corrected chi connectivity index (χ0v) is 16.4. The Labute approximate surface area is 163 Å². The molecule has 0 atom stereocenters. The Balaban J connectivity index is 1.56. The van der Waals surface area contributed by atoms with Gasteiger partial charge in [0.2, 0.25) is 5.91 Å². The number of halogens is 2. The lowest BCUT2D eigenvalue weighted by Crippen LogP contribution is -2.49. The van der Waals surface area contributed by atoms with Crippen LogP contribution >= 0.6 is 0 Å². The van der Waals surface area contributed by atoms with E-state index in [-0.39, 0.29) is 12.5 Å². The fourth-order valence-corrected chi connectivity index (χ4v) is 3.13. The molecule has 150 valence electrons. The maximum atomic E-state index is 13.7. The van der Waals surface area contributed by atoms with Crippen LogP contribution < -0.4 is 10.2 Å². The first kappa shape index (κ1) is 20.1. The summed E-state index contributed by atoms with van der Waals surface area (Å²) in [5, 5.41) is 2.33. The number of anilines is 2. The third-order valence-corrected chi connectivity index (χ3v) is 4.67. The largest absolute Gasteiger partial charge is 0.354 e.